The monoisotopic (exact) mass is 646 g/mol. The minimum atomic E-state index is 0.0940. The van der Waals surface area contributed by atoms with Crippen LogP contribution in [0.25, 0.3) is 54.1 Å². The zero-order chi connectivity index (χ0) is 32.7. The van der Waals surface area contributed by atoms with Gasteiger partial charge in [-0.15, -0.1) is 11.3 Å². The second-order valence-corrected chi connectivity index (χ2v) is 13.4. The van der Waals surface area contributed by atoms with Gasteiger partial charge in [0.1, 0.15) is 0 Å². The summed E-state index contributed by atoms with van der Waals surface area (Å²) in [6.45, 7) is 4.56. The van der Waals surface area contributed by atoms with E-state index >= 15 is 0 Å². The van der Waals surface area contributed by atoms with E-state index in [4.69, 9.17) is 15.0 Å². The molecular weight excluding hydrogens is 617 g/mol. The van der Waals surface area contributed by atoms with Gasteiger partial charge in [0.2, 0.25) is 0 Å². The van der Waals surface area contributed by atoms with Gasteiger partial charge in [0.15, 0.2) is 17.5 Å². The van der Waals surface area contributed by atoms with Crippen molar-refractivity contribution in [2.75, 3.05) is 0 Å². The Bertz CT molecular complexity index is 2470. The third kappa shape index (κ3) is 5.35. The van der Waals surface area contributed by atoms with Gasteiger partial charge in [-0.3, -0.25) is 4.98 Å². The molecular formula is C44H30N4S. The second-order valence-electron chi connectivity index (χ2n) is 12.3. The molecule has 2 aliphatic carbocycles. The second kappa shape index (κ2) is 12.2. The molecule has 0 spiro atoms. The number of hydrogen-bond acceptors (Lipinski definition) is 5. The Morgan fingerprint density at radius 2 is 1.27 bits per heavy atom. The normalized spacial score (nSPS) is 16.0. The number of nitrogens with zero attached hydrogens (tertiary/aromatic N) is 4. The van der Waals surface area contributed by atoms with E-state index in [2.05, 4.69) is 103 Å². The number of hydrogen-bond donors (Lipinski definition) is 0. The van der Waals surface area contributed by atoms with Crippen LogP contribution in [0.15, 0.2) is 175 Å². The maximum absolute atomic E-state index is 5.14. The topological polar surface area (TPSA) is 51.6 Å². The molecule has 1 atom stereocenters. The Balaban J connectivity index is 1.21. The molecule has 7 aromatic rings. The summed E-state index contributed by atoms with van der Waals surface area (Å²) in [7, 11) is 0. The molecule has 0 aliphatic heterocycles. The van der Waals surface area contributed by atoms with Gasteiger partial charge in [0, 0.05) is 49.0 Å². The highest BCUT2D eigenvalue weighted by Gasteiger charge is 2.27. The summed E-state index contributed by atoms with van der Waals surface area (Å²) in [5, 5.41) is 2.60. The van der Waals surface area contributed by atoms with Gasteiger partial charge in [-0.05, 0) is 58.6 Å². The Labute approximate surface area is 288 Å². The van der Waals surface area contributed by atoms with Crippen LogP contribution in [0.3, 0.4) is 0 Å². The molecule has 0 saturated heterocycles. The van der Waals surface area contributed by atoms with Crippen molar-refractivity contribution in [3.63, 3.8) is 0 Å². The van der Waals surface area contributed by atoms with E-state index in [1.807, 2.05) is 72.1 Å². The Morgan fingerprint density at radius 3 is 2.00 bits per heavy atom. The number of allylic oxidation sites excluding steroid dienone is 9. The van der Waals surface area contributed by atoms with Crippen LogP contribution in [0.2, 0.25) is 0 Å². The average molecular weight is 647 g/mol. The van der Waals surface area contributed by atoms with E-state index < -0.39 is 0 Å². The van der Waals surface area contributed by atoms with Crippen LogP contribution >= 0.6 is 11.3 Å². The highest BCUT2D eigenvalue weighted by molar-refractivity contribution is 7.26. The van der Waals surface area contributed by atoms with E-state index in [0.29, 0.717) is 17.5 Å². The standard InChI is InChI=1S/C44H30N4S/c1-28-34(22-23-35(28)39-20-10-11-24-45-39)31-25-32(36-18-12-19-38-37-17-8-9-21-40(37)49-41(36)38)27-33(26-31)44-47-42(29-13-4-2-5-14-29)46-43(48-44)30-15-6-3-7-16-30/h2-26,32H,1,27H2. The van der Waals surface area contributed by atoms with E-state index in [0.717, 1.165) is 51.1 Å². The molecule has 3 heterocycles. The van der Waals surface area contributed by atoms with Crippen molar-refractivity contribution in [2.45, 2.75) is 12.3 Å². The molecule has 0 saturated carbocycles. The van der Waals surface area contributed by atoms with Crippen molar-refractivity contribution in [1.82, 2.24) is 19.9 Å². The summed E-state index contributed by atoms with van der Waals surface area (Å²) in [5.74, 6) is 2.10. The summed E-state index contributed by atoms with van der Waals surface area (Å²) in [5.41, 5.74) is 9.41. The maximum Gasteiger partial charge on any atom is 0.164 e. The minimum absolute atomic E-state index is 0.0940. The van der Waals surface area contributed by atoms with Crippen LogP contribution in [-0.2, 0) is 0 Å². The Kier molecular flexibility index (Phi) is 7.25. The molecule has 0 N–H and O–H groups in total. The first-order valence-corrected chi connectivity index (χ1v) is 17.2. The van der Waals surface area contributed by atoms with Gasteiger partial charge in [0.05, 0.1) is 5.69 Å². The van der Waals surface area contributed by atoms with E-state index in [-0.39, 0.29) is 5.92 Å². The van der Waals surface area contributed by atoms with Gasteiger partial charge < -0.3 is 0 Å². The lowest BCUT2D eigenvalue weighted by atomic mass is 9.81. The molecule has 4 aromatic carbocycles. The van der Waals surface area contributed by atoms with Gasteiger partial charge in [0.25, 0.3) is 0 Å². The number of rotatable bonds is 6. The van der Waals surface area contributed by atoms with Crippen molar-refractivity contribution in [1.29, 1.82) is 0 Å². The fourth-order valence-corrected chi connectivity index (χ4v) is 8.17. The lowest BCUT2D eigenvalue weighted by Crippen LogP contribution is -2.09. The van der Waals surface area contributed by atoms with Gasteiger partial charge in [-0.1, -0.05) is 128 Å². The van der Waals surface area contributed by atoms with Crippen molar-refractivity contribution < 1.29 is 0 Å². The lowest BCUT2D eigenvalue weighted by molar-refractivity contribution is 0.854. The summed E-state index contributed by atoms with van der Waals surface area (Å²) in [4.78, 5) is 19.9. The Hall–Kier alpha value is -6.04. The first kappa shape index (κ1) is 29.1. The zero-order valence-electron chi connectivity index (χ0n) is 26.6. The van der Waals surface area contributed by atoms with Gasteiger partial charge >= 0.3 is 0 Å². The van der Waals surface area contributed by atoms with Gasteiger partial charge in [-0.2, -0.15) is 0 Å². The first-order chi connectivity index (χ1) is 24.2. The fourth-order valence-electron chi connectivity index (χ4n) is 6.89. The number of thiophene rings is 1. The molecule has 3 aromatic heterocycles. The molecule has 49 heavy (non-hydrogen) atoms. The number of fused-ring (bicyclic) bond motifs is 3. The van der Waals surface area contributed by atoms with Crippen LogP contribution in [0, 0.1) is 0 Å². The largest absolute Gasteiger partial charge is 0.256 e. The third-order valence-electron chi connectivity index (χ3n) is 9.29. The highest BCUT2D eigenvalue weighted by Crippen LogP contribution is 2.46. The molecule has 0 radical (unpaired) electrons. The predicted molar refractivity (Wildman–Crippen MR) is 203 cm³/mol. The van der Waals surface area contributed by atoms with Crippen LogP contribution in [0.1, 0.15) is 29.4 Å². The fraction of sp³-hybridized carbons (Fsp3) is 0.0455. The summed E-state index contributed by atoms with van der Waals surface area (Å²) in [6.07, 6.45) is 11.6. The van der Waals surface area contributed by atoms with Crippen LogP contribution in [0.5, 0.6) is 0 Å². The van der Waals surface area contributed by atoms with Crippen molar-refractivity contribution >= 4 is 42.7 Å². The highest BCUT2D eigenvalue weighted by atomic mass is 32.1. The third-order valence-corrected chi connectivity index (χ3v) is 10.5. The number of aromatic nitrogens is 4. The molecule has 2 aliphatic rings. The molecule has 1 unspecified atom stereocenters. The minimum Gasteiger partial charge on any atom is -0.256 e. The zero-order valence-corrected chi connectivity index (χ0v) is 27.4. The molecule has 0 fully saturated rings. The average Bonchev–Trinajstić information content (AvgIpc) is 3.76. The molecule has 0 bridgehead atoms. The van der Waals surface area contributed by atoms with Crippen LogP contribution in [-0.4, -0.2) is 19.9 Å². The van der Waals surface area contributed by atoms with Crippen molar-refractivity contribution in [3.05, 3.63) is 192 Å². The first-order valence-electron chi connectivity index (χ1n) is 16.4. The predicted octanol–water partition coefficient (Wildman–Crippen LogP) is 11.0. The molecule has 5 heteroatoms. The van der Waals surface area contributed by atoms with E-state index in [1.54, 1.807) is 0 Å². The lowest BCUT2D eigenvalue weighted by Gasteiger charge is -2.24. The maximum atomic E-state index is 5.14. The Morgan fingerprint density at radius 1 is 0.612 bits per heavy atom. The number of pyridine rings is 1. The van der Waals surface area contributed by atoms with Crippen molar-refractivity contribution in [3.8, 4) is 22.8 Å². The van der Waals surface area contributed by atoms with E-state index in [1.165, 1.54) is 25.7 Å². The molecule has 0 amide bonds. The summed E-state index contributed by atoms with van der Waals surface area (Å²) < 4.78 is 2.62. The van der Waals surface area contributed by atoms with Crippen LogP contribution < -0.4 is 0 Å². The molecule has 4 nitrogen and oxygen atoms in total. The quantitative estimate of drug-likeness (QED) is 0.180. The number of benzene rings is 4. The van der Waals surface area contributed by atoms with Crippen molar-refractivity contribution in [2.24, 2.45) is 0 Å². The smallest absolute Gasteiger partial charge is 0.164 e. The SMILES string of the molecule is C=C1C(C2=CC(c3cccc4c3sc3ccccc34)CC(c3nc(-c4ccccc4)nc(-c4ccccc4)n3)=C2)=CC=C1c1ccccn1. The summed E-state index contributed by atoms with van der Waals surface area (Å²) in [6, 6.07) is 41.7. The molecule has 232 valence electrons. The van der Waals surface area contributed by atoms with E-state index in [9.17, 15) is 0 Å². The van der Waals surface area contributed by atoms with Crippen LogP contribution in [0.4, 0.5) is 0 Å². The summed E-state index contributed by atoms with van der Waals surface area (Å²) >= 11 is 1.87. The molecule has 9 rings (SSSR count). The van der Waals surface area contributed by atoms with Gasteiger partial charge in [-0.25, -0.2) is 15.0 Å².